The largest absolute Gasteiger partial charge is 0.290 e. The highest BCUT2D eigenvalue weighted by molar-refractivity contribution is 6.05. The van der Waals surface area contributed by atoms with E-state index in [1.165, 1.54) is 7.05 Å². The first-order valence-electron chi connectivity index (χ1n) is 7.62. The summed E-state index contributed by atoms with van der Waals surface area (Å²) in [6.45, 7) is 1.92. The van der Waals surface area contributed by atoms with Gasteiger partial charge in [0.2, 0.25) is 0 Å². The van der Waals surface area contributed by atoms with Crippen molar-refractivity contribution in [1.82, 2.24) is 30.8 Å². The lowest BCUT2D eigenvalue weighted by atomic mass is 10.1. The molecule has 0 aliphatic rings. The average Bonchev–Trinajstić information content (AvgIpc) is 3.11. The molecule has 0 fully saturated rings. The van der Waals surface area contributed by atoms with Crippen LogP contribution in [0.1, 0.15) is 33.6 Å². The summed E-state index contributed by atoms with van der Waals surface area (Å²) < 4.78 is 1.08. The zero-order valence-corrected chi connectivity index (χ0v) is 13.7. The molecule has 128 valence electrons. The van der Waals surface area contributed by atoms with Gasteiger partial charge in [0, 0.05) is 18.1 Å². The number of hydrogen-bond donors (Lipinski definition) is 3. The molecule has 3 N–H and O–H groups in total. The van der Waals surface area contributed by atoms with E-state index in [-0.39, 0.29) is 16.9 Å². The summed E-state index contributed by atoms with van der Waals surface area (Å²) in [6.07, 6.45) is 0.709. The predicted molar refractivity (Wildman–Crippen MR) is 89.9 cm³/mol. The molecule has 2 amide bonds. The predicted octanol–water partition coefficient (Wildman–Crippen LogP) is 0.294. The van der Waals surface area contributed by atoms with E-state index in [1.807, 2.05) is 6.92 Å². The lowest BCUT2D eigenvalue weighted by Gasteiger charge is -2.09. The zero-order valence-electron chi connectivity index (χ0n) is 13.7. The molecule has 0 bridgehead atoms. The van der Waals surface area contributed by atoms with Crippen molar-refractivity contribution in [2.45, 2.75) is 13.3 Å². The lowest BCUT2D eigenvalue weighted by Crippen LogP contribution is -2.42. The van der Waals surface area contributed by atoms with Gasteiger partial charge in [-0.25, -0.2) is 4.68 Å². The fourth-order valence-corrected chi connectivity index (χ4v) is 2.36. The van der Waals surface area contributed by atoms with Crippen molar-refractivity contribution >= 4 is 22.6 Å². The van der Waals surface area contributed by atoms with Crippen molar-refractivity contribution in [3.8, 4) is 0 Å². The number of hydrazine groups is 1. The number of H-pyrrole nitrogens is 1. The molecule has 9 heteroatoms. The number of fused-ring (bicyclic) bond motifs is 1. The Morgan fingerprint density at radius 3 is 2.52 bits per heavy atom. The summed E-state index contributed by atoms with van der Waals surface area (Å²) >= 11 is 0. The number of rotatable bonds is 3. The van der Waals surface area contributed by atoms with E-state index in [0.717, 1.165) is 10.4 Å². The van der Waals surface area contributed by atoms with Gasteiger partial charge in [0.05, 0.1) is 5.39 Å². The van der Waals surface area contributed by atoms with Crippen molar-refractivity contribution in [3.63, 3.8) is 0 Å². The molecule has 1 aromatic carbocycles. The molecular formula is C16H16N6O3. The van der Waals surface area contributed by atoms with Crippen LogP contribution in [0, 0.1) is 0 Å². The van der Waals surface area contributed by atoms with Gasteiger partial charge in [-0.15, -0.1) is 0 Å². The van der Waals surface area contributed by atoms with Crippen LogP contribution in [0.25, 0.3) is 10.8 Å². The first-order valence-corrected chi connectivity index (χ1v) is 7.62. The van der Waals surface area contributed by atoms with Crippen LogP contribution in [-0.2, 0) is 13.5 Å². The molecule has 0 unspecified atom stereocenters. The number of nitrogens with one attached hydrogen (secondary N) is 3. The summed E-state index contributed by atoms with van der Waals surface area (Å²) in [6, 6.07) is 8.25. The summed E-state index contributed by atoms with van der Waals surface area (Å²) in [5.41, 5.74) is 5.28. The number of carbonyl (C=O) groups is 2. The van der Waals surface area contributed by atoms with Gasteiger partial charge < -0.3 is 0 Å². The number of nitrogens with zero attached hydrogens (tertiary/aromatic N) is 3. The number of amides is 2. The molecular weight excluding hydrogens is 324 g/mol. The van der Waals surface area contributed by atoms with Gasteiger partial charge in [-0.2, -0.15) is 10.2 Å². The molecule has 3 aromatic rings. The number of carbonyl (C=O) groups excluding carboxylic acids is 2. The molecule has 0 saturated heterocycles. The van der Waals surface area contributed by atoms with Crippen LogP contribution in [-0.4, -0.2) is 31.8 Å². The molecule has 2 heterocycles. The van der Waals surface area contributed by atoms with Crippen LogP contribution in [0.15, 0.2) is 35.1 Å². The van der Waals surface area contributed by atoms with Crippen molar-refractivity contribution in [2.75, 3.05) is 0 Å². The first-order chi connectivity index (χ1) is 12.0. The minimum Gasteiger partial charge on any atom is -0.282 e. The maximum absolute atomic E-state index is 12.4. The van der Waals surface area contributed by atoms with Crippen molar-refractivity contribution in [1.29, 1.82) is 0 Å². The molecule has 0 radical (unpaired) electrons. The van der Waals surface area contributed by atoms with Crippen LogP contribution >= 0.6 is 0 Å². The summed E-state index contributed by atoms with van der Waals surface area (Å²) in [7, 11) is 1.46. The van der Waals surface area contributed by atoms with Gasteiger partial charge in [-0.1, -0.05) is 25.1 Å². The average molecular weight is 340 g/mol. The maximum atomic E-state index is 12.4. The van der Waals surface area contributed by atoms with Crippen molar-refractivity contribution in [3.05, 3.63) is 57.8 Å². The van der Waals surface area contributed by atoms with Gasteiger partial charge in [0.1, 0.15) is 0 Å². The minimum atomic E-state index is -0.633. The van der Waals surface area contributed by atoms with E-state index < -0.39 is 11.8 Å². The van der Waals surface area contributed by atoms with E-state index in [1.54, 1.807) is 30.3 Å². The number of benzene rings is 1. The quantitative estimate of drug-likeness (QED) is 0.592. The second-order valence-corrected chi connectivity index (χ2v) is 5.36. The molecule has 0 saturated carbocycles. The Balaban J connectivity index is 1.82. The fraction of sp³-hybridized carbons (Fsp3) is 0.188. The van der Waals surface area contributed by atoms with Crippen molar-refractivity contribution < 1.29 is 9.59 Å². The normalized spacial score (nSPS) is 10.6. The highest BCUT2D eigenvalue weighted by atomic mass is 16.2. The monoisotopic (exact) mass is 340 g/mol. The van der Waals surface area contributed by atoms with Gasteiger partial charge in [-0.3, -0.25) is 30.3 Å². The van der Waals surface area contributed by atoms with Crippen LogP contribution in [0.2, 0.25) is 0 Å². The summed E-state index contributed by atoms with van der Waals surface area (Å²) in [5, 5.41) is 11.4. The molecule has 2 aromatic heterocycles. The second-order valence-electron chi connectivity index (χ2n) is 5.36. The highest BCUT2D eigenvalue weighted by Gasteiger charge is 2.17. The molecule has 9 nitrogen and oxygen atoms in total. The highest BCUT2D eigenvalue weighted by Crippen LogP contribution is 2.12. The Hall–Kier alpha value is -3.49. The minimum absolute atomic E-state index is 0.0364. The van der Waals surface area contributed by atoms with Gasteiger partial charge in [0.25, 0.3) is 17.4 Å². The SMILES string of the molecule is CCc1cc(C(=O)NNC(=O)c2nn(C)c(=O)c3ccccc23)n[nH]1. The fourth-order valence-electron chi connectivity index (χ4n) is 2.36. The Morgan fingerprint density at radius 1 is 1.16 bits per heavy atom. The first kappa shape index (κ1) is 16.4. The standard InChI is InChI=1S/C16H16N6O3/c1-3-9-8-12(18-17-9)14(23)19-20-15(24)13-10-6-4-5-7-11(10)16(25)22(2)21-13/h4-8H,3H2,1-2H3,(H,17,18)(H,19,23)(H,20,24). The van der Waals surface area contributed by atoms with E-state index in [2.05, 4.69) is 26.1 Å². The van der Waals surface area contributed by atoms with E-state index in [0.29, 0.717) is 17.2 Å². The third kappa shape index (κ3) is 3.11. The molecule has 3 rings (SSSR count). The van der Waals surface area contributed by atoms with Crippen LogP contribution in [0.4, 0.5) is 0 Å². The van der Waals surface area contributed by atoms with Gasteiger partial charge in [-0.05, 0) is 18.6 Å². The number of aryl methyl sites for hydroxylation is 2. The zero-order chi connectivity index (χ0) is 18.0. The van der Waals surface area contributed by atoms with E-state index in [4.69, 9.17) is 0 Å². The Kier molecular flexibility index (Phi) is 4.29. The Labute approximate surface area is 142 Å². The maximum Gasteiger partial charge on any atom is 0.290 e. The molecule has 25 heavy (non-hydrogen) atoms. The Morgan fingerprint density at radius 2 is 1.84 bits per heavy atom. The smallest absolute Gasteiger partial charge is 0.282 e. The van der Waals surface area contributed by atoms with Crippen LogP contribution < -0.4 is 16.4 Å². The topological polar surface area (TPSA) is 122 Å². The van der Waals surface area contributed by atoms with E-state index >= 15 is 0 Å². The third-order valence-corrected chi connectivity index (χ3v) is 3.71. The Bertz CT molecular complexity index is 1020. The molecule has 0 spiro atoms. The summed E-state index contributed by atoms with van der Waals surface area (Å²) in [4.78, 5) is 36.5. The molecule has 0 aliphatic carbocycles. The summed E-state index contributed by atoms with van der Waals surface area (Å²) in [5.74, 6) is -1.19. The third-order valence-electron chi connectivity index (χ3n) is 3.71. The van der Waals surface area contributed by atoms with Crippen LogP contribution in [0.3, 0.4) is 0 Å². The second kappa shape index (κ2) is 6.56. The van der Waals surface area contributed by atoms with Gasteiger partial charge in [0.15, 0.2) is 11.4 Å². The molecule has 0 atom stereocenters. The van der Waals surface area contributed by atoms with E-state index in [9.17, 15) is 14.4 Å². The van der Waals surface area contributed by atoms with Crippen LogP contribution in [0.5, 0.6) is 0 Å². The van der Waals surface area contributed by atoms with Crippen molar-refractivity contribution in [2.24, 2.45) is 7.05 Å². The number of aromatic nitrogens is 4. The lowest BCUT2D eigenvalue weighted by molar-refractivity contribution is 0.0841. The number of aromatic amines is 1. The molecule has 0 aliphatic heterocycles. The number of hydrogen-bond acceptors (Lipinski definition) is 5. The van der Waals surface area contributed by atoms with Gasteiger partial charge >= 0.3 is 0 Å².